The van der Waals surface area contributed by atoms with Crippen molar-refractivity contribution in [1.29, 1.82) is 0 Å². The summed E-state index contributed by atoms with van der Waals surface area (Å²) >= 11 is 0. The van der Waals surface area contributed by atoms with Gasteiger partial charge in [-0.1, -0.05) is 6.07 Å². The number of ether oxygens (including phenoxy) is 2. The fourth-order valence-electron chi connectivity index (χ4n) is 2.82. The molecule has 0 saturated heterocycles. The Morgan fingerprint density at radius 1 is 1.06 bits per heavy atom. The van der Waals surface area contributed by atoms with Crippen LogP contribution in [-0.2, 0) is 10.0 Å². The molecule has 0 spiro atoms. The van der Waals surface area contributed by atoms with Crippen molar-refractivity contribution < 1.29 is 22.3 Å². The van der Waals surface area contributed by atoms with Crippen molar-refractivity contribution in [2.75, 3.05) is 20.3 Å². The van der Waals surface area contributed by atoms with E-state index in [2.05, 4.69) is 20.0 Å². The zero-order valence-electron chi connectivity index (χ0n) is 16.4. The van der Waals surface area contributed by atoms with Gasteiger partial charge in [0.25, 0.3) is 0 Å². The fraction of sp³-hybridized carbons (Fsp3) is 0.150. The molecule has 0 aliphatic heterocycles. The maximum Gasteiger partial charge on any atom is 0.240 e. The van der Waals surface area contributed by atoms with Crippen molar-refractivity contribution in [1.82, 2.24) is 24.5 Å². The highest BCUT2D eigenvalue weighted by molar-refractivity contribution is 7.89. The number of hydrogen-bond donors (Lipinski definition) is 1. The summed E-state index contributed by atoms with van der Waals surface area (Å²) in [6, 6.07) is 15.4. The monoisotopic (exact) mass is 443 g/mol. The topological polar surface area (TPSA) is 108 Å². The molecule has 4 aromatic rings. The summed E-state index contributed by atoms with van der Waals surface area (Å²) in [6.45, 7) is -0.000866. The highest BCUT2D eigenvalue weighted by atomic mass is 32.2. The summed E-state index contributed by atoms with van der Waals surface area (Å²) in [7, 11) is -2.25. The van der Waals surface area contributed by atoms with E-state index >= 15 is 0 Å². The van der Waals surface area contributed by atoms with Gasteiger partial charge in [-0.05, 0) is 48.5 Å². The molecule has 1 N–H and O–H groups in total. The number of methoxy groups -OCH3 is 1. The third-order valence-electron chi connectivity index (χ3n) is 4.34. The standard InChI is InChI=1S/C20H18FN5O4S/c1-29-16-7-5-14(6-8-16)20-24-23-18-9-10-19(25-26(18)20)30-12-11-22-31(27,28)17-4-2-3-15(21)13-17/h2-10,13,22H,11-12H2,1H3. The zero-order chi connectivity index (χ0) is 21.8. The predicted octanol–water partition coefficient (Wildman–Crippen LogP) is 2.30. The molecule has 31 heavy (non-hydrogen) atoms. The van der Waals surface area contributed by atoms with Gasteiger partial charge < -0.3 is 9.47 Å². The van der Waals surface area contributed by atoms with Gasteiger partial charge in [0.15, 0.2) is 11.5 Å². The van der Waals surface area contributed by atoms with Gasteiger partial charge in [0.1, 0.15) is 18.2 Å². The Morgan fingerprint density at radius 3 is 2.61 bits per heavy atom. The van der Waals surface area contributed by atoms with Crippen LogP contribution in [0.15, 0.2) is 65.6 Å². The number of nitrogens with zero attached hydrogens (tertiary/aromatic N) is 4. The first-order valence-electron chi connectivity index (χ1n) is 9.21. The van der Waals surface area contributed by atoms with Crippen LogP contribution in [0.3, 0.4) is 0 Å². The fourth-order valence-corrected chi connectivity index (χ4v) is 3.86. The largest absolute Gasteiger partial charge is 0.497 e. The van der Waals surface area contributed by atoms with Gasteiger partial charge in [0.05, 0.1) is 12.0 Å². The minimum atomic E-state index is -3.84. The van der Waals surface area contributed by atoms with Crippen LogP contribution in [0.5, 0.6) is 11.6 Å². The minimum Gasteiger partial charge on any atom is -0.497 e. The van der Waals surface area contributed by atoms with Crippen molar-refractivity contribution >= 4 is 15.7 Å². The SMILES string of the molecule is COc1ccc(-c2nnc3ccc(OCCNS(=O)(=O)c4cccc(F)c4)nn23)cc1. The number of rotatable bonds is 8. The van der Waals surface area contributed by atoms with Gasteiger partial charge in [-0.25, -0.2) is 17.5 Å². The zero-order valence-corrected chi connectivity index (χ0v) is 17.2. The number of benzene rings is 2. The number of halogens is 1. The molecular weight excluding hydrogens is 425 g/mol. The first-order valence-corrected chi connectivity index (χ1v) is 10.7. The quantitative estimate of drug-likeness (QED) is 0.416. The van der Waals surface area contributed by atoms with Gasteiger partial charge in [-0.2, -0.15) is 4.52 Å². The van der Waals surface area contributed by atoms with Crippen LogP contribution in [-0.4, -0.2) is 48.5 Å². The van der Waals surface area contributed by atoms with Crippen molar-refractivity contribution in [2.45, 2.75) is 4.90 Å². The third-order valence-corrected chi connectivity index (χ3v) is 5.80. The van der Waals surface area contributed by atoms with Crippen LogP contribution in [0.4, 0.5) is 4.39 Å². The molecule has 0 radical (unpaired) electrons. The molecule has 0 saturated carbocycles. The number of aromatic nitrogens is 4. The molecule has 2 heterocycles. The molecule has 2 aromatic carbocycles. The minimum absolute atomic E-state index is 0.0209. The van der Waals surface area contributed by atoms with E-state index in [0.29, 0.717) is 11.5 Å². The molecule has 0 fully saturated rings. The second-order valence-corrected chi connectivity index (χ2v) is 8.16. The van der Waals surface area contributed by atoms with E-state index < -0.39 is 15.8 Å². The van der Waals surface area contributed by atoms with Crippen LogP contribution in [0, 0.1) is 5.82 Å². The second-order valence-electron chi connectivity index (χ2n) is 6.40. The molecule has 11 heteroatoms. The van der Waals surface area contributed by atoms with E-state index in [4.69, 9.17) is 9.47 Å². The Hall–Kier alpha value is -3.57. The van der Waals surface area contributed by atoms with Crippen LogP contribution in [0.2, 0.25) is 0 Å². The van der Waals surface area contributed by atoms with E-state index in [1.165, 1.54) is 22.7 Å². The highest BCUT2D eigenvalue weighted by Gasteiger charge is 2.14. The molecule has 0 aliphatic carbocycles. The summed E-state index contributed by atoms with van der Waals surface area (Å²) in [5.41, 5.74) is 1.32. The lowest BCUT2D eigenvalue weighted by Crippen LogP contribution is -2.28. The lowest BCUT2D eigenvalue weighted by atomic mass is 10.2. The number of nitrogens with one attached hydrogen (secondary N) is 1. The van der Waals surface area contributed by atoms with Gasteiger partial charge in [-0.15, -0.1) is 15.3 Å². The summed E-state index contributed by atoms with van der Waals surface area (Å²) in [6.07, 6.45) is 0. The summed E-state index contributed by atoms with van der Waals surface area (Å²) < 4.78 is 52.3. The Morgan fingerprint density at radius 2 is 1.87 bits per heavy atom. The maximum absolute atomic E-state index is 13.3. The van der Waals surface area contributed by atoms with Crippen molar-refractivity contribution in [2.24, 2.45) is 0 Å². The van der Waals surface area contributed by atoms with Crippen LogP contribution < -0.4 is 14.2 Å². The number of sulfonamides is 1. The van der Waals surface area contributed by atoms with Gasteiger partial charge in [-0.3, -0.25) is 0 Å². The molecule has 4 rings (SSSR count). The molecule has 0 aliphatic rings. The Labute approximate surface area is 177 Å². The third kappa shape index (κ3) is 4.62. The van der Waals surface area contributed by atoms with Crippen molar-refractivity contribution in [3.63, 3.8) is 0 Å². The Bertz CT molecular complexity index is 1310. The summed E-state index contributed by atoms with van der Waals surface area (Å²) in [4.78, 5) is -0.152. The normalized spacial score (nSPS) is 11.5. The molecule has 160 valence electrons. The summed E-state index contributed by atoms with van der Waals surface area (Å²) in [5.74, 6) is 0.885. The summed E-state index contributed by atoms with van der Waals surface area (Å²) in [5, 5.41) is 12.6. The average molecular weight is 443 g/mol. The van der Waals surface area contributed by atoms with Crippen LogP contribution in [0.1, 0.15) is 0 Å². The van der Waals surface area contributed by atoms with Crippen LogP contribution >= 0.6 is 0 Å². The molecular formula is C20H18FN5O4S. The van der Waals surface area contributed by atoms with E-state index in [9.17, 15) is 12.8 Å². The molecule has 0 unspecified atom stereocenters. The molecule has 0 bridgehead atoms. The van der Waals surface area contributed by atoms with Crippen LogP contribution in [0.25, 0.3) is 17.0 Å². The molecule has 2 aromatic heterocycles. The second kappa shape index (κ2) is 8.66. The van der Waals surface area contributed by atoms with Gasteiger partial charge in [0, 0.05) is 18.2 Å². The van der Waals surface area contributed by atoms with E-state index in [0.717, 1.165) is 17.4 Å². The maximum atomic E-state index is 13.3. The number of fused-ring (bicyclic) bond motifs is 1. The Balaban J connectivity index is 1.43. The first-order chi connectivity index (χ1) is 15.0. The van der Waals surface area contributed by atoms with E-state index in [-0.39, 0.29) is 23.9 Å². The average Bonchev–Trinajstić information content (AvgIpc) is 3.20. The highest BCUT2D eigenvalue weighted by Crippen LogP contribution is 2.21. The molecule has 0 amide bonds. The lowest BCUT2D eigenvalue weighted by Gasteiger charge is -2.08. The van der Waals surface area contributed by atoms with Crippen molar-refractivity contribution in [3.05, 3.63) is 66.5 Å². The molecule has 0 atom stereocenters. The lowest BCUT2D eigenvalue weighted by molar-refractivity contribution is 0.306. The Kier molecular flexibility index (Phi) is 5.78. The molecule has 9 nitrogen and oxygen atoms in total. The first kappa shape index (κ1) is 20.7. The number of hydrogen-bond acceptors (Lipinski definition) is 7. The van der Waals surface area contributed by atoms with E-state index in [1.807, 2.05) is 24.3 Å². The van der Waals surface area contributed by atoms with Gasteiger partial charge >= 0.3 is 0 Å². The predicted molar refractivity (Wildman–Crippen MR) is 110 cm³/mol. The smallest absolute Gasteiger partial charge is 0.240 e. The van der Waals surface area contributed by atoms with Crippen molar-refractivity contribution in [3.8, 4) is 23.0 Å². The van der Waals surface area contributed by atoms with Gasteiger partial charge in [0.2, 0.25) is 15.9 Å². The van der Waals surface area contributed by atoms with E-state index in [1.54, 1.807) is 19.2 Å².